The van der Waals surface area contributed by atoms with Crippen LogP contribution in [0.1, 0.15) is 31.9 Å². The third-order valence-electron chi connectivity index (χ3n) is 4.24. The molecule has 0 spiro atoms. The lowest BCUT2D eigenvalue weighted by Crippen LogP contribution is -2.47. The molecule has 0 saturated carbocycles. The Bertz CT molecular complexity index is 741. The van der Waals surface area contributed by atoms with E-state index < -0.39 is 0 Å². The van der Waals surface area contributed by atoms with Gasteiger partial charge in [0, 0.05) is 12.1 Å². The van der Waals surface area contributed by atoms with Crippen LogP contribution in [0.15, 0.2) is 42.5 Å². The third kappa shape index (κ3) is 5.39. The Morgan fingerprint density at radius 2 is 1.56 bits per heavy atom. The van der Waals surface area contributed by atoms with E-state index in [1.807, 2.05) is 75.1 Å². The summed E-state index contributed by atoms with van der Waals surface area (Å²) in [4.78, 5) is 14.8. The van der Waals surface area contributed by atoms with Crippen molar-refractivity contribution in [1.82, 2.24) is 4.90 Å². The molecule has 0 aliphatic heterocycles. The Hall–Kier alpha value is -2.69. The van der Waals surface area contributed by atoms with Gasteiger partial charge in [-0.15, -0.1) is 0 Å². The van der Waals surface area contributed by atoms with Gasteiger partial charge in [0.1, 0.15) is 0 Å². The lowest BCUT2D eigenvalue weighted by atomic mass is 10.0. The molecule has 0 fully saturated rings. The van der Waals surface area contributed by atoms with Gasteiger partial charge in [0.15, 0.2) is 18.1 Å². The van der Waals surface area contributed by atoms with Crippen LogP contribution in [-0.2, 0) is 11.3 Å². The Morgan fingerprint density at radius 3 is 2.04 bits per heavy atom. The molecule has 0 saturated heterocycles. The van der Waals surface area contributed by atoms with E-state index in [1.165, 1.54) is 0 Å². The molecule has 5 heteroatoms. The molecule has 2 aromatic rings. The first kappa shape index (κ1) is 20.6. The predicted octanol–water partition coefficient (Wildman–Crippen LogP) is 4.22. The Balaban J connectivity index is 2.19. The number of nitrogens with zero attached hydrogens (tertiary/aromatic N) is 1. The highest BCUT2D eigenvalue weighted by Gasteiger charge is 2.27. The molecule has 2 aromatic carbocycles. The van der Waals surface area contributed by atoms with E-state index in [1.54, 1.807) is 14.2 Å². The van der Waals surface area contributed by atoms with Crippen molar-refractivity contribution in [2.24, 2.45) is 0 Å². The highest BCUT2D eigenvalue weighted by atomic mass is 16.5. The van der Waals surface area contributed by atoms with Crippen LogP contribution < -0.4 is 14.2 Å². The predicted molar refractivity (Wildman–Crippen MR) is 107 cm³/mol. The molecule has 146 valence electrons. The van der Waals surface area contributed by atoms with Gasteiger partial charge in [0.05, 0.1) is 14.2 Å². The monoisotopic (exact) mass is 371 g/mol. The molecule has 1 amide bonds. The lowest BCUT2D eigenvalue weighted by molar-refractivity contribution is -0.139. The van der Waals surface area contributed by atoms with E-state index in [2.05, 4.69) is 0 Å². The number of aryl methyl sites for hydroxylation is 1. The average Bonchev–Trinajstić information content (AvgIpc) is 2.63. The molecule has 0 radical (unpaired) electrons. The molecule has 0 aliphatic carbocycles. The summed E-state index contributed by atoms with van der Waals surface area (Å²) in [6.07, 6.45) is 0. The van der Waals surface area contributed by atoms with Crippen molar-refractivity contribution < 1.29 is 19.0 Å². The summed E-state index contributed by atoms with van der Waals surface area (Å²) in [5, 5.41) is 0. The van der Waals surface area contributed by atoms with Crippen LogP contribution in [0.25, 0.3) is 0 Å². The number of ether oxygens (including phenoxy) is 3. The number of hydrogen-bond donors (Lipinski definition) is 0. The van der Waals surface area contributed by atoms with Crippen molar-refractivity contribution in [3.63, 3.8) is 0 Å². The van der Waals surface area contributed by atoms with Gasteiger partial charge in [0.2, 0.25) is 5.75 Å². The zero-order valence-electron chi connectivity index (χ0n) is 17.0. The average molecular weight is 371 g/mol. The maximum absolute atomic E-state index is 13.0. The normalized spacial score (nSPS) is 11.0. The fourth-order valence-electron chi connectivity index (χ4n) is 2.83. The molecule has 0 aromatic heterocycles. The molecular formula is C22H29NO4. The highest BCUT2D eigenvalue weighted by Crippen LogP contribution is 2.38. The summed E-state index contributed by atoms with van der Waals surface area (Å²) in [6.45, 7) is 8.42. The zero-order chi connectivity index (χ0) is 20.0. The van der Waals surface area contributed by atoms with Crippen molar-refractivity contribution in [3.8, 4) is 17.2 Å². The Labute approximate surface area is 161 Å². The maximum Gasteiger partial charge on any atom is 0.261 e. The van der Waals surface area contributed by atoms with Crippen LogP contribution in [0.5, 0.6) is 17.2 Å². The van der Waals surface area contributed by atoms with Crippen LogP contribution in [0, 0.1) is 6.92 Å². The number of benzene rings is 2. The van der Waals surface area contributed by atoms with Gasteiger partial charge in [0.25, 0.3) is 5.91 Å². The first-order valence-electron chi connectivity index (χ1n) is 8.96. The fraction of sp³-hybridized carbons (Fsp3) is 0.409. The van der Waals surface area contributed by atoms with Crippen molar-refractivity contribution in [1.29, 1.82) is 0 Å². The topological polar surface area (TPSA) is 48.0 Å². The smallest absolute Gasteiger partial charge is 0.261 e. The molecule has 0 aliphatic rings. The number of carbonyl (C=O) groups excluding carboxylic acids is 1. The molecule has 0 N–H and O–H groups in total. The SMILES string of the molecule is COc1cc(C)cc(OC)c1OCC(=O)N(Cc1ccccc1)C(C)(C)C. The van der Waals surface area contributed by atoms with Gasteiger partial charge in [-0.1, -0.05) is 30.3 Å². The number of hydrogen-bond acceptors (Lipinski definition) is 4. The first-order chi connectivity index (χ1) is 12.8. The molecule has 5 nitrogen and oxygen atoms in total. The summed E-state index contributed by atoms with van der Waals surface area (Å²) in [7, 11) is 3.14. The number of carbonyl (C=O) groups is 1. The molecule has 27 heavy (non-hydrogen) atoms. The third-order valence-corrected chi connectivity index (χ3v) is 4.24. The quantitative estimate of drug-likeness (QED) is 0.731. The minimum absolute atomic E-state index is 0.0973. The van der Waals surface area contributed by atoms with Crippen LogP contribution in [0.3, 0.4) is 0 Å². The van der Waals surface area contributed by atoms with E-state index >= 15 is 0 Å². The second-order valence-corrected chi connectivity index (χ2v) is 7.42. The Morgan fingerprint density at radius 1 is 1.00 bits per heavy atom. The van der Waals surface area contributed by atoms with E-state index in [9.17, 15) is 4.79 Å². The molecule has 0 heterocycles. The first-order valence-corrected chi connectivity index (χ1v) is 8.96. The van der Waals surface area contributed by atoms with Crippen molar-refractivity contribution in [2.45, 2.75) is 39.8 Å². The summed E-state index contributed by atoms with van der Waals surface area (Å²) < 4.78 is 16.6. The molecule has 0 bridgehead atoms. The zero-order valence-corrected chi connectivity index (χ0v) is 17.0. The molecule has 2 rings (SSSR count). The summed E-state index contributed by atoms with van der Waals surface area (Å²) in [6, 6.07) is 13.6. The van der Waals surface area contributed by atoms with Crippen LogP contribution >= 0.6 is 0 Å². The summed E-state index contributed by atoms with van der Waals surface area (Å²) in [5.74, 6) is 1.43. The standard InChI is InChI=1S/C22H29NO4/c1-16-12-18(25-5)21(19(13-16)26-6)27-15-20(24)23(22(2,3)4)14-17-10-8-7-9-11-17/h7-13H,14-15H2,1-6H3. The number of amides is 1. The maximum atomic E-state index is 13.0. The largest absolute Gasteiger partial charge is 0.493 e. The minimum atomic E-state index is -0.336. The second kappa shape index (κ2) is 8.80. The number of methoxy groups -OCH3 is 2. The van der Waals surface area contributed by atoms with Gasteiger partial charge in [-0.3, -0.25) is 4.79 Å². The fourth-order valence-corrected chi connectivity index (χ4v) is 2.83. The molecule has 0 unspecified atom stereocenters. The summed E-state index contributed by atoms with van der Waals surface area (Å²) in [5.41, 5.74) is 1.73. The van der Waals surface area contributed by atoms with E-state index in [4.69, 9.17) is 14.2 Å². The molecule has 0 atom stereocenters. The van der Waals surface area contributed by atoms with E-state index in [0.29, 0.717) is 23.8 Å². The van der Waals surface area contributed by atoms with Gasteiger partial charge in [-0.25, -0.2) is 0 Å². The second-order valence-electron chi connectivity index (χ2n) is 7.42. The number of rotatable bonds is 7. The van der Waals surface area contributed by atoms with Gasteiger partial charge >= 0.3 is 0 Å². The Kier molecular flexibility index (Phi) is 6.72. The van der Waals surface area contributed by atoms with Gasteiger partial charge in [-0.05, 0) is 51.0 Å². The highest BCUT2D eigenvalue weighted by molar-refractivity contribution is 5.78. The van der Waals surface area contributed by atoms with Crippen molar-refractivity contribution >= 4 is 5.91 Å². The summed E-state index contributed by atoms with van der Waals surface area (Å²) >= 11 is 0. The van der Waals surface area contributed by atoms with Crippen LogP contribution in [-0.4, -0.2) is 37.2 Å². The molecular weight excluding hydrogens is 342 g/mol. The van der Waals surface area contributed by atoms with Crippen molar-refractivity contribution in [2.75, 3.05) is 20.8 Å². The van der Waals surface area contributed by atoms with Crippen molar-refractivity contribution in [3.05, 3.63) is 53.6 Å². The van der Waals surface area contributed by atoms with Gasteiger partial charge < -0.3 is 19.1 Å². The lowest BCUT2D eigenvalue weighted by Gasteiger charge is -2.36. The minimum Gasteiger partial charge on any atom is -0.493 e. The van der Waals surface area contributed by atoms with E-state index in [-0.39, 0.29) is 18.1 Å². The van der Waals surface area contributed by atoms with E-state index in [0.717, 1.165) is 11.1 Å². The van der Waals surface area contributed by atoms with Crippen LogP contribution in [0.2, 0.25) is 0 Å². The van der Waals surface area contributed by atoms with Gasteiger partial charge in [-0.2, -0.15) is 0 Å². The van der Waals surface area contributed by atoms with Crippen LogP contribution in [0.4, 0.5) is 0 Å².